The number of unbranched alkanes of at least 4 members (excludes halogenated alkanes) is 2. The molecule has 0 saturated carbocycles. The highest BCUT2D eigenvalue weighted by molar-refractivity contribution is 6.30. The van der Waals surface area contributed by atoms with Crippen molar-refractivity contribution >= 4 is 57.3 Å². The molecule has 6 aromatic rings. The molecule has 346 valence electrons. The zero-order valence-electron chi connectivity index (χ0n) is 38.9. The summed E-state index contributed by atoms with van der Waals surface area (Å²) in [5.74, 6) is 0.250. The normalized spacial score (nSPS) is 15.5. The van der Waals surface area contributed by atoms with Crippen LogP contribution in [0.5, 0.6) is 11.5 Å². The molecule has 0 aliphatic carbocycles. The Balaban J connectivity index is 0.812. The van der Waals surface area contributed by atoms with Gasteiger partial charge in [0, 0.05) is 99.3 Å². The van der Waals surface area contributed by atoms with Gasteiger partial charge in [-0.15, -0.1) is 0 Å². The summed E-state index contributed by atoms with van der Waals surface area (Å²) < 4.78 is 11.4. The van der Waals surface area contributed by atoms with Crippen molar-refractivity contribution in [1.82, 2.24) is 14.5 Å². The van der Waals surface area contributed by atoms with E-state index in [1.54, 1.807) is 34.9 Å². The van der Waals surface area contributed by atoms with Crippen LogP contribution in [0.3, 0.4) is 0 Å². The molecule has 0 spiro atoms. The van der Waals surface area contributed by atoms with E-state index in [2.05, 4.69) is 26.9 Å². The molecular formula is C57H56ClN4O6+. The standard InChI is InChI=1S/C57H55ClN4O6/c1-33-15-22-48-44(28-33)43(34(2)62(48)56(65)35-16-19-39(58)20-17-35)32-50(64)59-23-5-3-4-14-49(63)36-18-21-40(45(29-36)57(66)67)51-46-30-37-10-6-24-60-26-8-12-41(52(37)60)54(46)68-55-42-13-9-27-61-25-7-11-38(53(42)61)31-47(51)55/h15-22,28-31H,3-14,23-27,32H2,1-2H3,(H-,59,64,66,67)/p+1. The van der Waals surface area contributed by atoms with E-state index in [1.165, 1.54) is 33.3 Å². The first-order valence-electron chi connectivity index (χ1n) is 24.6. The van der Waals surface area contributed by atoms with Crippen LogP contribution in [0.15, 0.2) is 72.8 Å². The van der Waals surface area contributed by atoms with Gasteiger partial charge in [-0.05, 0) is 137 Å². The lowest BCUT2D eigenvalue weighted by Gasteiger charge is -2.39. The summed E-state index contributed by atoms with van der Waals surface area (Å²) in [5.41, 5.74) is 13.2. The number of carbonyl (C=O) groups excluding carboxylic acids is 3. The summed E-state index contributed by atoms with van der Waals surface area (Å²) in [6.07, 6.45) is 10.4. The lowest BCUT2D eigenvalue weighted by atomic mass is 9.81. The van der Waals surface area contributed by atoms with Crippen molar-refractivity contribution in [1.29, 1.82) is 0 Å². The second-order valence-corrected chi connectivity index (χ2v) is 19.8. The van der Waals surface area contributed by atoms with Crippen LogP contribution in [0.4, 0.5) is 5.69 Å². The number of ether oxygens (including phenoxy) is 1. The van der Waals surface area contributed by atoms with Gasteiger partial charge < -0.3 is 20.1 Å². The quantitative estimate of drug-likeness (QED) is 0.0714. The first kappa shape index (κ1) is 44.0. The molecule has 0 atom stereocenters. The van der Waals surface area contributed by atoms with Crippen molar-refractivity contribution in [3.05, 3.63) is 155 Å². The highest BCUT2D eigenvalue weighted by atomic mass is 35.5. The number of aryl methyl sites for hydroxylation is 3. The summed E-state index contributed by atoms with van der Waals surface area (Å²) >= 11 is 6.09. The third kappa shape index (κ3) is 7.71. The van der Waals surface area contributed by atoms with E-state index < -0.39 is 5.97 Å². The van der Waals surface area contributed by atoms with Crippen LogP contribution < -0.4 is 30.1 Å². The van der Waals surface area contributed by atoms with Crippen molar-refractivity contribution in [2.45, 2.75) is 97.3 Å². The Kier molecular flexibility index (Phi) is 11.6. The fourth-order valence-electron chi connectivity index (χ4n) is 11.9. The molecule has 1 aromatic heterocycles. The third-order valence-electron chi connectivity index (χ3n) is 15.1. The number of fused-ring (bicyclic) bond motifs is 5. The van der Waals surface area contributed by atoms with Gasteiger partial charge in [-0.1, -0.05) is 41.8 Å². The topological polar surface area (TPSA) is 121 Å². The number of benzene rings is 5. The van der Waals surface area contributed by atoms with Crippen molar-refractivity contribution in [2.24, 2.45) is 0 Å². The summed E-state index contributed by atoms with van der Waals surface area (Å²) in [6, 6.07) is 22.5. The molecule has 6 heterocycles. The Morgan fingerprint density at radius 3 is 2.32 bits per heavy atom. The van der Waals surface area contributed by atoms with E-state index in [0.717, 1.165) is 133 Å². The average Bonchev–Trinajstić information content (AvgIpc) is 3.61. The monoisotopic (exact) mass is 927 g/mol. The van der Waals surface area contributed by atoms with Crippen LogP contribution in [0.2, 0.25) is 5.02 Å². The van der Waals surface area contributed by atoms with Gasteiger partial charge in [0.2, 0.25) is 11.3 Å². The Morgan fingerprint density at radius 1 is 0.765 bits per heavy atom. The molecule has 0 fully saturated rings. The number of Topliss-reactive ketones (excluding diaryl/α,β-unsaturated/α-hetero) is 1. The van der Waals surface area contributed by atoms with Crippen LogP contribution in [-0.2, 0) is 36.9 Å². The first-order valence-corrected chi connectivity index (χ1v) is 24.9. The number of ketones is 1. The minimum Gasteiger partial charge on any atom is -0.478 e. The van der Waals surface area contributed by atoms with E-state index in [1.807, 2.05) is 44.2 Å². The number of carboxylic acids is 1. The number of rotatable bonds is 12. The Morgan fingerprint density at radius 2 is 1.51 bits per heavy atom. The fourth-order valence-corrected chi connectivity index (χ4v) is 12.0. The van der Waals surface area contributed by atoms with Gasteiger partial charge in [0.25, 0.3) is 5.91 Å². The van der Waals surface area contributed by atoms with E-state index in [4.69, 9.17) is 16.3 Å². The summed E-state index contributed by atoms with van der Waals surface area (Å²) in [4.78, 5) is 56.7. The molecule has 0 bridgehead atoms. The molecule has 0 unspecified atom stereocenters. The Labute approximate surface area is 400 Å². The Hall–Kier alpha value is -6.52. The molecule has 2 N–H and O–H groups in total. The molecule has 11 heteroatoms. The van der Waals surface area contributed by atoms with E-state index in [0.29, 0.717) is 47.5 Å². The molecule has 5 aliphatic heterocycles. The lowest BCUT2D eigenvalue weighted by Crippen LogP contribution is -2.45. The van der Waals surface area contributed by atoms with Crippen LogP contribution in [-0.4, -0.2) is 66.0 Å². The van der Waals surface area contributed by atoms with Crippen LogP contribution in [0.25, 0.3) is 16.5 Å². The number of nitrogens with zero attached hydrogens (tertiary/aromatic N) is 3. The largest absolute Gasteiger partial charge is 0.478 e. The maximum absolute atomic E-state index is 13.8. The SMILES string of the molecule is Cc1ccc2c(c1)c(CC(=O)NCCCCCC(=O)c1ccc(C3=c4cc5c6c(c4Oc4c3cc3c7c4CCCN7CCC3)CCC[N+]=6CCC5)c(C(=O)O)c1)c(C)n2C(=O)c1ccc(Cl)cc1. The molecule has 0 radical (unpaired) electrons. The number of hydrogen-bond acceptors (Lipinski definition) is 6. The number of hydrogen-bond donors (Lipinski definition) is 2. The highest BCUT2D eigenvalue weighted by Crippen LogP contribution is 2.49. The summed E-state index contributed by atoms with van der Waals surface area (Å²) in [7, 11) is 0. The minimum absolute atomic E-state index is 0.103. The lowest BCUT2D eigenvalue weighted by molar-refractivity contribution is -0.120. The number of carbonyl (C=O) groups is 4. The molecule has 11 rings (SSSR count). The zero-order chi connectivity index (χ0) is 46.8. The van der Waals surface area contributed by atoms with Gasteiger partial charge in [0.15, 0.2) is 5.78 Å². The van der Waals surface area contributed by atoms with Gasteiger partial charge in [0.1, 0.15) is 24.6 Å². The highest BCUT2D eigenvalue weighted by Gasteiger charge is 2.37. The van der Waals surface area contributed by atoms with Crippen molar-refractivity contribution in [2.75, 3.05) is 37.6 Å². The van der Waals surface area contributed by atoms with Crippen LogP contribution >= 0.6 is 11.6 Å². The molecule has 68 heavy (non-hydrogen) atoms. The van der Waals surface area contributed by atoms with Gasteiger partial charge in [-0.3, -0.25) is 19.0 Å². The van der Waals surface area contributed by atoms with Crippen molar-refractivity contribution in [3.8, 4) is 11.5 Å². The molecular weight excluding hydrogens is 872 g/mol. The second-order valence-electron chi connectivity index (χ2n) is 19.4. The van der Waals surface area contributed by atoms with Crippen molar-refractivity contribution < 1.29 is 29.0 Å². The van der Waals surface area contributed by atoms with Gasteiger partial charge >= 0.3 is 5.97 Å². The van der Waals surface area contributed by atoms with E-state index in [-0.39, 0.29) is 36.0 Å². The predicted octanol–water partition coefficient (Wildman–Crippen LogP) is 8.84. The number of amides is 1. The first-order chi connectivity index (χ1) is 33.0. The van der Waals surface area contributed by atoms with Crippen molar-refractivity contribution in [3.63, 3.8) is 0 Å². The average molecular weight is 929 g/mol. The number of nitrogens with one attached hydrogen (secondary N) is 1. The maximum Gasteiger partial charge on any atom is 0.336 e. The van der Waals surface area contributed by atoms with Gasteiger partial charge in [-0.2, -0.15) is 0 Å². The number of aromatic carboxylic acids is 1. The maximum atomic E-state index is 13.8. The molecule has 5 aromatic carbocycles. The van der Waals surface area contributed by atoms with E-state index in [9.17, 15) is 24.3 Å². The van der Waals surface area contributed by atoms with E-state index >= 15 is 0 Å². The fraction of sp³-hybridized carbons (Fsp3) is 0.351. The smallest absolute Gasteiger partial charge is 0.336 e. The van der Waals surface area contributed by atoms with Gasteiger partial charge in [0.05, 0.1) is 23.1 Å². The predicted molar refractivity (Wildman–Crippen MR) is 266 cm³/mol. The second kappa shape index (κ2) is 17.9. The summed E-state index contributed by atoms with van der Waals surface area (Å²) in [5, 5.41) is 17.7. The molecule has 5 aliphatic rings. The summed E-state index contributed by atoms with van der Waals surface area (Å²) in [6.45, 7) is 8.48. The third-order valence-corrected chi connectivity index (χ3v) is 15.3. The zero-order valence-corrected chi connectivity index (χ0v) is 39.6. The molecule has 10 nitrogen and oxygen atoms in total. The number of anilines is 1. The molecule has 1 amide bonds. The number of carboxylic acid groups (broad SMARTS) is 1. The number of aromatic nitrogens is 1. The minimum atomic E-state index is -1.06. The Bertz CT molecular complexity index is 3270. The number of halogens is 1. The van der Waals surface area contributed by atoms with Crippen LogP contribution in [0.1, 0.15) is 133 Å². The van der Waals surface area contributed by atoms with Crippen LogP contribution in [0, 0.1) is 13.8 Å². The van der Waals surface area contributed by atoms with Gasteiger partial charge in [-0.25, -0.2) is 9.37 Å². The molecule has 0 saturated heterocycles.